The summed E-state index contributed by atoms with van der Waals surface area (Å²) in [4.78, 5) is 11.9. The molecule has 2 aromatic carbocycles. The molecule has 0 saturated carbocycles. The van der Waals surface area contributed by atoms with Crippen LogP contribution in [0.5, 0.6) is 5.75 Å². The van der Waals surface area contributed by atoms with Gasteiger partial charge in [-0.1, -0.05) is 31.2 Å². The number of carbonyl (C=O) groups is 1. The number of nitrogens with one attached hydrogen (secondary N) is 1. The molecule has 0 bridgehead atoms. The molecule has 1 N–H and O–H groups in total. The molecule has 0 aliphatic carbocycles. The topological polar surface area (TPSA) is 38.3 Å². The lowest BCUT2D eigenvalue weighted by Gasteiger charge is -2.04. The molecule has 0 heterocycles. The minimum absolute atomic E-state index is 0.140. The fraction of sp³-hybridized carbons (Fsp3) is 0.167. The first-order chi connectivity index (χ1) is 10.2. The molecule has 108 valence electrons. The molecule has 0 atom stereocenters. The van der Waals surface area contributed by atoms with Crippen molar-refractivity contribution in [1.29, 1.82) is 0 Å². The number of aryl methyl sites for hydroxylation is 1. The summed E-state index contributed by atoms with van der Waals surface area (Å²) in [6, 6.07) is 15.4. The maximum atomic E-state index is 11.9. The van der Waals surface area contributed by atoms with Crippen LogP contribution in [0.2, 0.25) is 0 Å². The summed E-state index contributed by atoms with van der Waals surface area (Å²) in [6.45, 7) is 2.09. The average Bonchev–Trinajstić information content (AvgIpc) is 2.53. The Hall–Kier alpha value is -2.55. The molecule has 1 amide bonds. The summed E-state index contributed by atoms with van der Waals surface area (Å²) in [6.07, 6.45) is 4.25. The SMILES string of the molecule is CCc1cccc(NC(=O)/C=C/c2ccc(OC)cc2)c1. The maximum Gasteiger partial charge on any atom is 0.248 e. The van der Waals surface area contributed by atoms with Gasteiger partial charge in [0, 0.05) is 11.8 Å². The summed E-state index contributed by atoms with van der Waals surface area (Å²) in [5.74, 6) is 0.659. The van der Waals surface area contributed by atoms with Crippen LogP contribution in [0.1, 0.15) is 18.1 Å². The average molecular weight is 281 g/mol. The molecule has 0 spiro atoms. The van der Waals surface area contributed by atoms with E-state index in [0.717, 1.165) is 23.4 Å². The Kier molecular flexibility index (Phi) is 5.16. The first kappa shape index (κ1) is 14.9. The van der Waals surface area contributed by atoms with E-state index in [9.17, 15) is 4.79 Å². The van der Waals surface area contributed by atoms with Crippen molar-refractivity contribution in [2.24, 2.45) is 0 Å². The minimum atomic E-state index is -0.140. The number of methoxy groups -OCH3 is 1. The van der Waals surface area contributed by atoms with E-state index in [1.165, 1.54) is 11.6 Å². The van der Waals surface area contributed by atoms with Gasteiger partial charge in [-0.2, -0.15) is 0 Å². The third-order valence-electron chi connectivity index (χ3n) is 3.15. The van der Waals surface area contributed by atoms with Gasteiger partial charge in [0.1, 0.15) is 5.75 Å². The van der Waals surface area contributed by atoms with Gasteiger partial charge < -0.3 is 10.1 Å². The van der Waals surface area contributed by atoms with Crippen molar-refractivity contribution in [3.8, 4) is 5.75 Å². The Morgan fingerprint density at radius 1 is 1.19 bits per heavy atom. The summed E-state index contributed by atoms with van der Waals surface area (Å²) in [5, 5.41) is 2.86. The third-order valence-corrected chi connectivity index (χ3v) is 3.15. The van der Waals surface area contributed by atoms with Gasteiger partial charge in [0.2, 0.25) is 5.91 Å². The predicted molar refractivity (Wildman–Crippen MR) is 86.5 cm³/mol. The highest BCUT2D eigenvalue weighted by Crippen LogP contribution is 2.13. The van der Waals surface area contributed by atoms with Crippen LogP contribution in [0.25, 0.3) is 6.08 Å². The largest absolute Gasteiger partial charge is 0.497 e. The zero-order chi connectivity index (χ0) is 15.1. The highest BCUT2D eigenvalue weighted by molar-refractivity contribution is 6.01. The van der Waals surface area contributed by atoms with Crippen molar-refractivity contribution < 1.29 is 9.53 Å². The van der Waals surface area contributed by atoms with Crippen LogP contribution >= 0.6 is 0 Å². The van der Waals surface area contributed by atoms with Gasteiger partial charge in [0.15, 0.2) is 0 Å². The van der Waals surface area contributed by atoms with Crippen LogP contribution in [-0.4, -0.2) is 13.0 Å². The number of amides is 1. The number of hydrogen-bond acceptors (Lipinski definition) is 2. The molecular formula is C18H19NO2. The van der Waals surface area contributed by atoms with E-state index >= 15 is 0 Å². The van der Waals surface area contributed by atoms with Gasteiger partial charge in [-0.3, -0.25) is 4.79 Å². The van der Waals surface area contributed by atoms with Crippen LogP contribution in [0.3, 0.4) is 0 Å². The van der Waals surface area contributed by atoms with Crippen LogP contribution in [-0.2, 0) is 11.2 Å². The maximum absolute atomic E-state index is 11.9. The second kappa shape index (κ2) is 7.29. The molecule has 0 aliphatic heterocycles. The van der Waals surface area contributed by atoms with Gasteiger partial charge in [-0.15, -0.1) is 0 Å². The Balaban J connectivity index is 1.98. The molecule has 0 saturated heterocycles. The molecule has 0 radical (unpaired) electrons. The number of carbonyl (C=O) groups excluding carboxylic acids is 1. The van der Waals surface area contributed by atoms with Crippen molar-refractivity contribution in [3.63, 3.8) is 0 Å². The normalized spacial score (nSPS) is 10.6. The Morgan fingerprint density at radius 2 is 1.95 bits per heavy atom. The van der Waals surface area contributed by atoms with Crippen molar-refractivity contribution in [2.75, 3.05) is 12.4 Å². The number of ether oxygens (including phenoxy) is 1. The summed E-state index contributed by atoms with van der Waals surface area (Å²) in [5.41, 5.74) is 2.97. The van der Waals surface area contributed by atoms with E-state index in [1.54, 1.807) is 13.2 Å². The van der Waals surface area contributed by atoms with E-state index in [0.29, 0.717) is 0 Å². The van der Waals surface area contributed by atoms with E-state index in [-0.39, 0.29) is 5.91 Å². The highest BCUT2D eigenvalue weighted by Gasteiger charge is 1.99. The molecule has 0 unspecified atom stereocenters. The molecular weight excluding hydrogens is 262 g/mol. The lowest BCUT2D eigenvalue weighted by atomic mass is 10.1. The smallest absolute Gasteiger partial charge is 0.248 e. The van der Waals surface area contributed by atoms with Gasteiger partial charge in [0.25, 0.3) is 0 Å². The van der Waals surface area contributed by atoms with Crippen molar-refractivity contribution in [1.82, 2.24) is 0 Å². The van der Waals surface area contributed by atoms with Crippen molar-refractivity contribution in [2.45, 2.75) is 13.3 Å². The second-order valence-corrected chi connectivity index (χ2v) is 4.65. The van der Waals surface area contributed by atoms with E-state index in [1.807, 2.05) is 48.5 Å². The molecule has 2 aromatic rings. The standard InChI is InChI=1S/C18H19NO2/c1-3-14-5-4-6-16(13-14)19-18(20)12-9-15-7-10-17(21-2)11-8-15/h4-13H,3H2,1-2H3,(H,19,20)/b12-9+. The minimum Gasteiger partial charge on any atom is -0.497 e. The van der Waals surface area contributed by atoms with Gasteiger partial charge in [-0.05, 0) is 47.9 Å². The van der Waals surface area contributed by atoms with E-state index < -0.39 is 0 Å². The van der Waals surface area contributed by atoms with Crippen molar-refractivity contribution in [3.05, 3.63) is 65.7 Å². The molecule has 3 heteroatoms. The fourth-order valence-corrected chi connectivity index (χ4v) is 1.94. The lowest BCUT2D eigenvalue weighted by molar-refractivity contribution is -0.111. The molecule has 2 rings (SSSR count). The molecule has 0 fully saturated rings. The Morgan fingerprint density at radius 3 is 2.62 bits per heavy atom. The van der Waals surface area contributed by atoms with Gasteiger partial charge >= 0.3 is 0 Å². The molecule has 3 nitrogen and oxygen atoms in total. The molecule has 21 heavy (non-hydrogen) atoms. The van der Waals surface area contributed by atoms with Crippen LogP contribution in [0.4, 0.5) is 5.69 Å². The number of anilines is 1. The Bertz CT molecular complexity index is 630. The van der Waals surface area contributed by atoms with E-state index in [2.05, 4.69) is 12.2 Å². The second-order valence-electron chi connectivity index (χ2n) is 4.65. The zero-order valence-electron chi connectivity index (χ0n) is 12.3. The van der Waals surface area contributed by atoms with Gasteiger partial charge in [0.05, 0.1) is 7.11 Å². The number of hydrogen-bond donors (Lipinski definition) is 1. The number of benzene rings is 2. The summed E-state index contributed by atoms with van der Waals surface area (Å²) >= 11 is 0. The van der Waals surface area contributed by atoms with Crippen molar-refractivity contribution >= 4 is 17.7 Å². The lowest BCUT2D eigenvalue weighted by Crippen LogP contribution is -2.07. The van der Waals surface area contributed by atoms with Crippen LogP contribution in [0.15, 0.2) is 54.6 Å². The van der Waals surface area contributed by atoms with Gasteiger partial charge in [-0.25, -0.2) is 0 Å². The summed E-state index contributed by atoms with van der Waals surface area (Å²) in [7, 11) is 1.63. The monoisotopic (exact) mass is 281 g/mol. The fourth-order valence-electron chi connectivity index (χ4n) is 1.94. The van der Waals surface area contributed by atoms with Crippen LogP contribution < -0.4 is 10.1 Å². The first-order valence-corrected chi connectivity index (χ1v) is 6.93. The third kappa shape index (κ3) is 4.49. The number of rotatable bonds is 5. The first-order valence-electron chi connectivity index (χ1n) is 6.93. The quantitative estimate of drug-likeness (QED) is 0.844. The zero-order valence-corrected chi connectivity index (χ0v) is 12.3. The molecule has 0 aliphatic rings. The molecule has 0 aromatic heterocycles. The highest BCUT2D eigenvalue weighted by atomic mass is 16.5. The summed E-state index contributed by atoms with van der Waals surface area (Å²) < 4.78 is 5.09. The predicted octanol–water partition coefficient (Wildman–Crippen LogP) is 3.91. The van der Waals surface area contributed by atoms with Crippen LogP contribution in [0, 0.1) is 0 Å². The Labute approximate surface area is 125 Å². The van der Waals surface area contributed by atoms with E-state index in [4.69, 9.17) is 4.74 Å².